The maximum atomic E-state index is 10.4. The van der Waals surface area contributed by atoms with E-state index in [1.54, 1.807) is 0 Å². The molecule has 0 spiro atoms. The normalized spacial score (nSPS) is 19.8. The lowest BCUT2D eigenvalue weighted by molar-refractivity contribution is -0.140. The highest BCUT2D eigenvalue weighted by molar-refractivity contribution is 5.87. The van der Waals surface area contributed by atoms with Crippen LogP contribution >= 0.6 is 0 Å². The van der Waals surface area contributed by atoms with Crippen LogP contribution in [-0.2, 0) is 14.4 Å². The summed E-state index contributed by atoms with van der Waals surface area (Å²) in [5, 5.41) is 10.6. The van der Waals surface area contributed by atoms with Crippen LogP contribution in [0.4, 0.5) is 0 Å². The van der Waals surface area contributed by atoms with Gasteiger partial charge < -0.3 is 16.2 Å². The molecule has 0 aromatic carbocycles. The number of hydrogen-bond donors (Lipinski definition) is 3. The molecule has 6 heteroatoms. The summed E-state index contributed by atoms with van der Waals surface area (Å²) in [6.07, 6.45) is 0.769. The van der Waals surface area contributed by atoms with Crippen molar-refractivity contribution in [1.82, 2.24) is 5.32 Å². The van der Waals surface area contributed by atoms with E-state index < -0.39 is 12.0 Å². The van der Waals surface area contributed by atoms with Crippen molar-refractivity contribution in [3.8, 4) is 0 Å². The molecule has 1 saturated heterocycles. The second kappa shape index (κ2) is 5.13. The van der Waals surface area contributed by atoms with E-state index >= 15 is 0 Å². The zero-order valence-corrected chi connectivity index (χ0v) is 7.24. The topological polar surface area (TPSA) is 109 Å². The van der Waals surface area contributed by atoms with Gasteiger partial charge in [-0.2, -0.15) is 0 Å². The summed E-state index contributed by atoms with van der Waals surface area (Å²) in [5.74, 6) is -1.44. The first-order valence-electron chi connectivity index (χ1n) is 3.71. The van der Waals surface area contributed by atoms with Gasteiger partial charge in [0.15, 0.2) is 0 Å². The number of rotatable bonds is 1. The first-order valence-corrected chi connectivity index (χ1v) is 3.71. The van der Waals surface area contributed by atoms with E-state index in [2.05, 4.69) is 11.1 Å². The van der Waals surface area contributed by atoms with Gasteiger partial charge in [0.05, 0.1) is 0 Å². The lowest BCUT2D eigenvalue weighted by atomic mass is 10.2. The maximum Gasteiger partial charge on any atom is 0.326 e. The standard InChI is InChI=1S/C5H7NO3.C2H5NO/c7-4-2-1-3(6-4)5(8)9;1-2(3)4/h3H,1-2H2,(H,6,7)(H,8,9);1H3,(H2,3,4). The molecule has 0 bridgehead atoms. The molecule has 1 rings (SSSR count). The van der Waals surface area contributed by atoms with Crippen molar-refractivity contribution < 1.29 is 19.5 Å². The van der Waals surface area contributed by atoms with E-state index in [9.17, 15) is 14.4 Å². The molecule has 0 aliphatic carbocycles. The second-order valence-corrected chi connectivity index (χ2v) is 2.61. The molecule has 1 aliphatic rings. The third kappa shape index (κ3) is 5.66. The summed E-state index contributed by atoms with van der Waals surface area (Å²) < 4.78 is 0. The molecule has 74 valence electrons. The maximum absolute atomic E-state index is 10.4. The minimum atomic E-state index is -0.944. The average molecular weight is 188 g/mol. The van der Waals surface area contributed by atoms with Crippen LogP contribution in [0.5, 0.6) is 0 Å². The smallest absolute Gasteiger partial charge is 0.326 e. The molecule has 1 atom stereocenters. The highest BCUT2D eigenvalue weighted by Crippen LogP contribution is 2.05. The Morgan fingerprint density at radius 3 is 2.23 bits per heavy atom. The van der Waals surface area contributed by atoms with E-state index in [4.69, 9.17) is 5.11 Å². The molecule has 2 amide bonds. The van der Waals surface area contributed by atoms with Gasteiger partial charge in [0.2, 0.25) is 11.8 Å². The lowest BCUT2D eigenvalue weighted by Gasteiger charge is -1.99. The number of amides is 2. The largest absolute Gasteiger partial charge is 0.480 e. The van der Waals surface area contributed by atoms with Crippen molar-refractivity contribution in [2.75, 3.05) is 0 Å². The summed E-state index contributed by atoms with van der Waals surface area (Å²) in [7, 11) is 0. The van der Waals surface area contributed by atoms with Gasteiger partial charge >= 0.3 is 5.97 Å². The van der Waals surface area contributed by atoms with Crippen LogP contribution in [0.3, 0.4) is 0 Å². The lowest BCUT2D eigenvalue weighted by Crippen LogP contribution is -2.32. The first-order chi connectivity index (χ1) is 5.93. The predicted octanol–water partition coefficient (Wildman–Crippen LogP) is -1.16. The fourth-order valence-electron chi connectivity index (χ4n) is 0.799. The van der Waals surface area contributed by atoms with Crippen LogP contribution in [0.25, 0.3) is 0 Å². The molecular formula is C7H12N2O4. The minimum absolute atomic E-state index is 0.164. The Bertz CT molecular complexity index is 223. The SMILES string of the molecule is CC(N)=O.O=C1CCC(C(=O)O)N1. The number of nitrogens with two attached hydrogens (primary N) is 1. The number of hydrogen-bond acceptors (Lipinski definition) is 3. The third-order valence-corrected chi connectivity index (χ3v) is 1.29. The Morgan fingerprint density at radius 2 is 2.08 bits per heavy atom. The Kier molecular flexibility index (Phi) is 4.50. The number of nitrogens with one attached hydrogen (secondary N) is 1. The summed E-state index contributed by atoms with van der Waals surface area (Å²) in [6.45, 7) is 1.31. The van der Waals surface area contributed by atoms with Crippen molar-refractivity contribution >= 4 is 17.8 Å². The van der Waals surface area contributed by atoms with Gasteiger partial charge in [-0.3, -0.25) is 9.59 Å². The Labute approximate surface area is 75.1 Å². The molecule has 4 N–H and O–H groups in total. The molecule has 0 saturated carbocycles. The molecule has 1 aliphatic heterocycles. The Hall–Kier alpha value is -1.59. The van der Waals surface area contributed by atoms with Crippen molar-refractivity contribution in [3.63, 3.8) is 0 Å². The van der Waals surface area contributed by atoms with Gasteiger partial charge in [0.25, 0.3) is 0 Å². The molecule has 0 aromatic rings. The molecule has 6 nitrogen and oxygen atoms in total. The quantitative estimate of drug-likeness (QED) is 0.482. The fourth-order valence-corrected chi connectivity index (χ4v) is 0.799. The second-order valence-electron chi connectivity index (χ2n) is 2.61. The van der Waals surface area contributed by atoms with Crippen molar-refractivity contribution in [2.24, 2.45) is 5.73 Å². The molecule has 0 radical (unpaired) electrons. The summed E-state index contributed by atoms with van der Waals surface area (Å²) in [6, 6.07) is -0.641. The average Bonchev–Trinajstić information content (AvgIpc) is 2.34. The van der Waals surface area contributed by atoms with Crippen LogP contribution < -0.4 is 11.1 Å². The number of carboxylic acids is 1. The van der Waals surface area contributed by atoms with Crippen LogP contribution in [-0.4, -0.2) is 28.9 Å². The molecule has 1 unspecified atom stereocenters. The number of carbonyl (C=O) groups is 3. The third-order valence-electron chi connectivity index (χ3n) is 1.29. The fraction of sp³-hybridized carbons (Fsp3) is 0.571. The van der Waals surface area contributed by atoms with Crippen LogP contribution in [0.15, 0.2) is 0 Å². The van der Waals surface area contributed by atoms with E-state index in [0.29, 0.717) is 12.8 Å². The number of primary amides is 1. The van der Waals surface area contributed by atoms with Gasteiger partial charge in [0, 0.05) is 13.3 Å². The van der Waals surface area contributed by atoms with E-state index in [-0.39, 0.29) is 11.8 Å². The van der Waals surface area contributed by atoms with E-state index in [1.807, 2.05) is 0 Å². The van der Waals surface area contributed by atoms with Crippen LogP contribution in [0.1, 0.15) is 19.8 Å². The molecule has 1 heterocycles. The summed E-state index contributed by atoms with van der Waals surface area (Å²) in [4.78, 5) is 29.7. The number of carbonyl (C=O) groups excluding carboxylic acids is 2. The molecule has 0 aromatic heterocycles. The van der Waals surface area contributed by atoms with Gasteiger partial charge in [-0.1, -0.05) is 0 Å². The zero-order valence-electron chi connectivity index (χ0n) is 7.24. The molecule has 13 heavy (non-hydrogen) atoms. The predicted molar refractivity (Wildman–Crippen MR) is 43.7 cm³/mol. The van der Waals surface area contributed by atoms with Crippen molar-refractivity contribution in [3.05, 3.63) is 0 Å². The van der Waals surface area contributed by atoms with Crippen molar-refractivity contribution in [2.45, 2.75) is 25.8 Å². The van der Waals surface area contributed by atoms with E-state index in [1.165, 1.54) is 6.92 Å². The molecular weight excluding hydrogens is 176 g/mol. The van der Waals surface area contributed by atoms with Crippen LogP contribution in [0, 0.1) is 0 Å². The number of carboxylic acid groups (broad SMARTS) is 1. The van der Waals surface area contributed by atoms with Crippen LogP contribution in [0.2, 0.25) is 0 Å². The van der Waals surface area contributed by atoms with Crippen molar-refractivity contribution in [1.29, 1.82) is 0 Å². The summed E-state index contributed by atoms with van der Waals surface area (Å²) >= 11 is 0. The van der Waals surface area contributed by atoms with Gasteiger partial charge in [-0.15, -0.1) is 0 Å². The first kappa shape index (κ1) is 11.4. The van der Waals surface area contributed by atoms with E-state index in [0.717, 1.165) is 0 Å². The zero-order chi connectivity index (χ0) is 10.4. The Balaban J connectivity index is 0.000000310. The monoisotopic (exact) mass is 188 g/mol. The number of aliphatic carboxylic acids is 1. The highest BCUT2D eigenvalue weighted by atomic mass is 16.4. The van der Waals surface area contributed by atoms with Gasteiger partial charge in [-0.25, -0.2) is 4.79 Å². The van der Waals surface area contributed by atoms with Gasteiger partial charge in [0.1, 0.15) is 6.04 Å². The highest BCUT2D eigenvalue weighted by Gasteiger charge is 2.26. The minimum Gasteiger partial charge on any atom is -0.480 e. The Morgan fingerprint density at radius 1 is 1.62 bits per heavy atom. The summed E-state index contributed by atoms with van der Waals surface area (Å²) in [5.41, 5.74) is 4.47. The van der Waals surface area contributed by atoms with Gasteiger partial charge in [-0.05, 0) is 6.42 Å². The molecule has 1 fully saturated rings.